The maximum Gasteiger partial charge on any atom is 0.0200 e. The normalized spacial score (nSPS) is 29.9. The number of rotatable bonds is 4. The van der Waals surface area contributed by atoms with Crippen molar-refractivity contribution in [1.29, 1.82) is 0 Å². The third-order valence-electron chi connectivity index (χ3n) is 4.62. The minimum atomic E-state index is 0.715. The van der Waals surface area contributed by atoms with Crippen LogP contribution in [0, 0.1) is 5.92 Å². The fourth-order valence-corrected chi connectivity index (χ4v) is 4.67. The maximum absolute atomic E-state index is 3.92. The molecule has 1 aliphatic heterocycles. The van der Waals surface area contributed by atoms with E-state index in [1.165, 1.54) is 51.6 Å². The van der Waals surface area contributed by atoms with Gasteiger partial charge in [0.15, 0.2) is 0 Å². The summed E-state index contributed by atoms with van der Waals surface area (Å²) in [6.45, 7) is 2.50. The van der Waals surface area contributed by atoms with Crippen molar-refractivity contribution in [1.82, 2.24) is 10.2 Å². The molecular formula is C16H26N2S. The first kappa shape index (κ1) is 13.6. The Kier molecular flexibility index (Phi) is 4.57. The van der Waals surface area contributed by atoms with Crippen molar-refractivity contribution in [3.63, 3.8) is 0 Å². The first-order chi connectivity index (χ1) is 9.29. The van der Waals surface area contributed by atoms with E-state index in [1.807, 2.05) is 11.3 Å². The van der Waals surface area contributed by atoms with Gasteiger partial charge in [-0.15, -0.1) is 11.3 Å². The Morgan fingerprint density at radius 3 is 2.84 bits per heavy atom. The topological polar surface area (TPSA) is 15.3 Å². The van der Waals surface area contributed by atoms with Crippen LogP contribution in [0.3, 0.4) is 0 Å². The van der Waals surface area contributed by atoms with Gasteiger partial charge >= 0.3 is 0 Å². The fraction of sp³-hybridized carbons (Fsp3) is 0.750. The standard InChI is InChI=1S/C16H26N2S/c1-18-11-13(10-16-7-4-8-19-16)9-15(12-18)17-14-5-2-3-6-14/h4,7-8,13-15,17H,2-3,5-6,9-12H2,1H3. The molecule has 1 saturated carbocycles. The molecule has 0 radical (unpaired) electrons. The quantitative estimate of drug-likeness (QED) is 0.910. The highest BCUT2D eigenvalue weighted by Gasteiger charge is 2.27. The van der Waals surface area contributed by atoms with Crippen LogP contribution in [0.1, 0.15) is 37.0 Å². The number of piperidine rings is 1. The monoisotopic (exact) mass is 278 g/mol. The molecular weight excluding hydrogens is 252 g/mol. The summed E-state index contributed by atoms with van der Waals surface area (Å²) >= 11 is 1.91. The van der Waals surface area contributed by atoms with E-state index in [1.54, 1.807) is 4.88 Å². The largest absolute Gasteiger partial charge is 0.310 e. The second-order valence-corrected chi connectivity index (χ2v) is 7.48. The van der Waals surface area contributed by atoms with Crippen LogP contribution in [0.25, 0.3) is 0 Å². The van der Waals surface area contributed by atoms with E-state index in [0.717, 1.165) is 12.0 Å². The highest BCUT2D eigenvalue weighted by atomic mass is 32.1. The fourth-order valence-electron chi connectivity index (χ4n) is 3.85. The molecule has 1 aromatic rings. The van der Waals surface area contributed by atoms with Gasteiger partial charge in [0.25, 0.3) is 0 Å². The number of nitrogens with zero attached hydrogens (tertiary/aromatic N) is 1. The van der Waals surface area contributed by atoms with Crippen LogP contribution in [0.5, 0.6) is 0 Å². The number of likely N-dealkylation sites (tertiary alicyclic amines) is 1. The van der Waals surface area contributed by atoms with Crippen molar-refractivity contribution < 1.29 is 0 Å². The summed E-state index contributed by atoms with van der Waals surface area (Å²) in [5.74, 6) is 0.830. The Labute approximate surface area is 121 Å². The van der Waals surface area contributed by atoms with Crippen LogP contribution in [0.4, 0.5) is 0 Å². The summed E-state index contributed by atoms with van der Waals surface area (Å²) in [5.41, 5.74) is 0. The summed E-state index contributed by atoms with van der Waals surface area (Å²) in [6, 6.07) is 5.99. The van der Waals surface area contributed by atoms with Gasteiger partial charge in [-0.2, -0.15) is 0 Å². The van der Waals surface area contributed by atoms with Crippen LogP contribution < -0.4 is 5.32 Å². The molecule has 2 unspecified atom stereocenters. The Morgan fingerprint density at radius 1 is 1.26 bits per heavy atom. The third kappa shape index (κ3) is 3.80. The summed E-state index contributed by atoms with van der Waals surface area (Å²) in [4.78, 5) is 4.08. The molecule has 2 heterocycles. The maximum atomic E-state index is 3.92. The molecule has 0 spiro atoms. The molecule has 2 nitrogen and oxygen atoms in total. The number of thiophene rings is 1. The molecule has 0 aromatic carbocycles. The Hall–Kier alpha value is -0.380. The van der Waals surface area contributed by atoms with E-state index in [4.69, 9.17) is 0 Å². The van der Waals surface area contributed by atoms with Crippen LogP contribution in [-0.4, -0.2) is 37.1 Å². The zero-order chi connectivity index (χ0) is 13.1. The van der Waals surface area contributed by atoms with Crippen molar-refractivity contribution in [3.05, 3.63) is 22.4 Å². The van der Waals surface area contributed by atoms with Gasteiger partial charge in [-0.3, -0.25) is 0 Å². The lowest BCUT2D eigenvalue weighted by Crippen LogP contribution is -2.50. The number of hydrogen-bond donors (Lipinski definition) is 1. The van der Waals surface area contributed by atoms with E-state index >= 15 is 0 Å². The van der Waals surface area contributed by atoms with Gasteiger partial charge in [0.2, 0.25) is 0 Å². The molecule has 1 aromatic heterocycles. The molecule has 2 fully saturated rings. The third-order valence-corrected chi connectivity index (χ3v) is 5.52. The van der Waals surface area contributed by atoms with Crippen LogP contribution in [0.15, 0.2) is 17.5 Å². The second-order valence-electron chi connectivity index (χ2n) is 6.45. The van der Waals surface area contributed by atoms with Crippen LogP contribution >= 0.6 is 11.3 Å². The summed E-state index contributed by atoms with van der Waals surface area (Å²) in [7, 11) is 2.28. The average Bonchev–Trinajstić information content (AvgIpc) is 3.01. The molecule has 3 heteroatoms. The predicted octanol–water partition coefficient (Wildman–Crippen LogP) is 3.14. The van der Waals surface area contributed by atoms with E-state index in [2.05, 4.69) is 34.8 Å². The first-order valence-corrected chi connectivity index (χ1v) is 8.64. The number of likely N-dealkylation sites (N-methyl/N-ethyl adjacent to an activating group) is 1. The van der Waals surface area contributed by atoms with Gasteiger partial charge in [-0.05, 0) is 50.1 Å². The zero-order valence-corrected chi connectivity index (χ0v) is 12.8. The van der Waals surface area contributed by atoms with Crippen molar-refractivity contribution in [2.24, 2.45) is 5.92 Å². The number of hydrogen-bond acceptors (Lipinski definition) is 3. The van der Waals surface area contributed by atoms with E-state index in [9.17, 15) is 0 Å². The van der Waals surface area contributed by atoms with Gasteiger partial charge in [0.05, 0.1) is 0 Å². The molecule has 106 valence electrons. The molecule has 1 N–H and O–H groups in total. The molecule has 1 aliphatic carbocycles. The summed E-state index contributed by atoms with van der Waals surface area (Å²) in [5, 5.41) is 6.12. The van der Waals surface area contributed by atoms with Gasteiger partial charge in [-0.25, -0.2) is 0 Å². The Morgan fingerprint density at radius 2 is 2.11 bits per heavy atom. The van der Waals surface area contributed by atoms with Gasteiger partial charge in [-0.1, -0.05) is 18.9 Å². The molecule has 19 heavy (non-hydrogen) atoms. The lowest BCUT2D eigenvalue weighted by atomic mass is 9.90. The highest BCUT2D eigenvalue weighted by molar-refractivity contribution is 7.09. The molecule has 3 rings (SSSR count). The van der Waals surface area contributed by atoms with Crippen molar-refractivity contribution >= 4 is 11.3 Å². The van der Waals surface area contributed by atoms with E-state index in [-0.39, 0.29) is 0 Å². The van der Waals surface area contributed by atoms with Crippen LogP contribution in [-0.2, 0) is 6.42 Å². The van der Waals surface area contributed by atoms with E-state index in [0.29, 0.717) is 6.04 Å². The average molecular weight is 278 g/mol. The summed E-state index contributed by atoms with van der Waals surface area (Å²) < 4.78 is 0. The minimum absolute atomic E-state index is 0.715. The smallest absolute Gasteiger partial charge is 0.0200 e. The van der Waals surface area contributed by atoms with Gasteiger partial charge in [0, 0.05) is 30.1 Å². The van der Waals surface area contributed by atoms with Gasteiger partial charge in [0.1, 0.15) is 0 Å². The Balaban J connectivity index is 1.54. The lowest BCUT2D eigenvalue weighted by Gasteiger charge is -2.37. The van der Waals surface area contributed by atoms with Crippen molar-refractivity contribution in [2.45, 2.75) is 50.6 Å². The molecule has 0 amide bonds. The van der Waals surface area contributed by atoms with Crippen molar-refractivity contribution in [3.8, 4) is 0 Å². The molecule has 1 saturated heterocycles. The molecule has 2 atom stereocenters. The molecule has 0 bridgehead atoms. The van der Waals surface area contributed by atoms with E-state index < -0.39 is 0 Å². The second kappa shape index (κ2) is 6.38. The first-order valence-electron chi connectivity index (χ1n) is 7.76. The van der Waals surface area contributed by atoms with Gasteiger partial charge < -0.3 is 10.2 Å². The zero-order valence-electron chi connectivity index (χ0n) is 12.0. The SMILES string of the molecule is CN1CC(Cc2cccs2)CC(NC2CCCC2)C1. The molecule has 2 aliphatic rings. The Bertz CT molecular complexity index is 370. The lowest BCUT2D eigenvalue weighted by molar-refractivity contribution is 0.161. The highest BCUT2D eigenvalue weighted by Crippen LogP contribution is 2.25. The van der Waals surface area contributed by atoms with Crippen LogP contribution in [0.2, 0.25) is 0 Å². The number of nitrogens with one attached hydrogen (secondary N) is 1. The van der Waals surface area contributed by atoms with Crippen molar-refractivity contribution in [2.75, 3.05) is 20.1 Å². The predicted molar refractivity (Wildman–Crippen MR) is 82.8 cm³/mol. The summed E-state index contributed by atoms with van der Waals surface area (Å²) in [6.07, 6.45) is 8.28. The minimum Gasteiger partial charge on any atom is -0.310 e.